The van der Waals surface area contributed by atoms with Gasteiger partial charge in [0, 0.05) is 18.5 Å². The third-order valence-corrected chi connectivity index (χ3v) is 2.16. The minimum Gasteiger partial charge on any atom is -0.384 e. The molecule has 1 aliphatic rings. The quantitative estimate of drug-likeness (QED) is 0.661. The fraction of sp³-hybridized carbons (Fsp3) is 0.625. The number of rotatable bonds is 2. The Balaban J connectivity index is 2.31. The Morgan fingerprint density at radius 2 is 2.46 bits per heavy atom. The zero-order chi connectivity index (χ0) is 9.26. The van der Waals surface area contributed by atoms with E-state index in [-0.39, 0.29) is 6.54 Å². The third kappa shape index (κ3) is 1.46. The summed E-state index contributed by atoms with van der Waals surface area (Å²) >= 11 is 0. The summed E-state index contributed by atoms with van der Waals surface area (Å²) in [6.45, 7) is 1.27. The van der Waals surface area contributed by atoms with Gasteiger partial charge >= 0.3 is 0 Å². The lowest BCUT2D eigenvalue weighted by atomic mass is 10.1. The van der Waals surface area contributed by atoms with Crippen molar-refractivity contribution in [2.24, 2.45) is 5.73 Å². The summed E-state index contributed by atoms with van der Waals surface area (Å²) in [5.41, 5.74) is 7.07. The highest BCUT2D eigenvalue weighted by molar-refractivity contribution is 5.25. The number of fused-ring (bicyclic) bond motifs is 1. The van der Waals surface area contributed by atoms with Gasteiger partial charge < -0.3 is 20.1 Å². The molecule has 1 aromatic heterocycles. The topological polar surface area (TPSA) is 81.5 Å². The van der Waals surface area contributed by atoms with Crippen molar-refractivity contribution in [2.75, 3.05) is 13.2 Å². The van der Waals surface area contributed by atoms with Crippen molar-refractivity contribution < 1.29 is 14.4 Å². The second-order valence-electron chi connectivity index (χ2n) is 3.03. The number of nitrogens with two attached hydrogens (primary N) is 1. The van der Waals surface area contributed by atoms with Gasteiger partial charge in [0.15, 0.2) is 5.76 Å². The predicted octanol–water partition coefficient (Wildman–Crippen LogP) is -0.261. The number of ether oxygens (including phenoxy) is 1. The van der Waals surface area contributed by atoms with Gasteiger partial charge in [-0.1, -0.05) is 5.16 Å². The van der Waals surface area contributed by atoms with Crippen LogP contribution in [0.4, 0.5) is 0 Å². The highest BCUT2D eigenvalue weighted by atomic mass is 16.5. The first kappa shape index (κ1) is 8.68. The average molecular weight is 184 g/mol. The van der Waals surface area contributed by atoms with Crippen LogP contribution in [0.5, 0.6) is 0 Å². The SMILES string of the molecule is NCC(O)c1onc2c1COCC2. The van der Waals surface area contributed by atoms with Gasteiger partial charge in [0.05, 0.1) is 18.9 Å². The van der Waals surface area contributed by atoms with Gasteiger partial charge in [0.1, 0.15) is 6.10 Å². The first-order valence-corrected chi connectivity index (χ1v) is 4.26. The average Bonchev–Trinajstić information content (AvgIpc) is 2.60. The van der Waals surface area contributed by atoms with E-state index in [2.05, 4.69) is 5.16 Å². The summed E-state index contributed by atoms with van der Waals surface area (Å²) in [4.78, 5) is 0. The smallest absolute Gasteiger partial charge is 0.172 e. The molecule has 0 aromatic carbocycles. The summed E-state index contributed by atoms with van der Waals surface area (Å²) in [5.74, 6) is 0.456. The number of hydrogen-bond donors (Lipinski definition) is 2. The van der Waals surface area contributed by atoms with Gasteiger partial charge in [-0.3, -0.25) is 0 Å². The summed E-state index contributed by atoms with van der Waals surface area (Å²) in [6.07, 6.45) is -0.0196. The van der Waals surface area contributed by atoms with Crippen molar-refractivity contribution in [1.82, 2.24) is 5.16 Å². The molecule has 0 bridgehead atoms. The Labute approximate surface area is 75.5 Å². The van der Waals surface area contributed by atoms with E-state index < -0.39 is 6.10 Å². The molecular formula is C8H12N2O3. The number of aliphatic hydroxyl groups is 1. The Hall–Kier alpha value is -0.910. The van der Waals surface area contributed by atoms with Crippen molar-refractivity contribution in [3.05, 3.63) is 17.0 Å². The molecule has 2 heterocycles. The predicted molar refractivity (Wildman–Crippen MR) is 43.9 cm³/mol. The van der Waals surface area contributed by atoms with Crippen molar-refractivity contribution in [3.8, 4) is 0 Å². The van der Waals surface area contributed by atoms with E-state index in [9.17, 15) is 5.11 Å². The zero-order valence-electron chi connectivity index (χ0n) is 7.19. The van der Waals surface area contributed by atoms with Crippen LogP contribution in [0.2, 0.25) is 0 Å². The molecule has 2 rings (SSSR count). The van der Waals surface area contributed by atoms with Crippen LogP contribution in [0.3, 0.4) is 0 Å². The Morgan fingerprint density at radius 1 is 1.62 bits per heavy atom. The van der Waals surface area contributed by atoms with Gasteiger partial charge in [0.25, 0.3) is 0 Å². The maximum absolute atomic E-state index is 9.46. The molecule has 1 unspecified atom stereocenters. The van der Waals surface area contributed by atoms with Crippen LogP contribution in [0.15, 0.2) is 4.52 Å². The monoisotopic (exact) mass is 184 g/mol. The number of nitrogens with zero attached hydrogens (tertiary/aromatic N) is 1. The van der Waals surface area contributed by atoms with E-state index >= 15 is 0 Å². The number of aliphatic hydroxyl groups excluding tert-OH is 1. The van der Waals surface area contributed by atoms with E-state index in [1.165, 1.54) is 0 Å². The second kappa shape index (κ2) is 3.45. The normalized spacial score (nSPS) is 18.3. The van der Waals surface area contributed by atoms with E-state index in [4.69, 9.17) is 15.0 Å². The molecule has 0 spiro atoms. The zero-order valence-corrected chi connectivity index (χ0v) is 7.19. The van der Waals surface area contributed by atoms with E-state index in [0.29, 0.717) is 19.0 Å². The minimum absolute atomic E-state index is 0.141. The minimum atomic E-state index is -0.766. The van der Waals surface area contributed by atoms with Crippen LogP contribution in [0, 0.1) is 0 Å². The van der Waals surface area contributed by atoms with Crippen LogP contribution in [-0.2, 0) is 17.8 Å². The standard InChI is InChI=1S/C8H12N2O3/c9-3-7(11)8-5-4-12-2-1-6(5)10-13-8/h7,11H,1-4,9H2. The highest BCUT2D eigenvalue weighted by Crippen LogP contribution is 2.24. The second-order valence-corrected chi connectivity index (χ2v) is 3.03. The van der Waals surface area contributed by atoms with Crippen molar-refractivity contribution in [2.45, 2.75) is 19.1 Å². The molecule has 0 aliphatic carbocycles. The first-order valence-electron chi connectivity index (χ1n) is 4.26. The number of hydrogen-bond acceptors (Lipinski definition) is 5. The molecule has 0 saturated heterocycles. The Kier molecular flexibility index (Phi) is 2.30. The maximum atomic E-state index is 9.46. The lowest BCUT2D eigenvalue weighted by Crippen LogP contribution is -2.15. The number of aromatic nitrogens is 1. The van der Waals surface area contributed by atoms with Crippen LogP contribution >= 0.6 is 0 Å². The lowest BCUT2D eigenvalue weighted by molar-refractivity contribution is 0.104. The lowest BCUT2D eigenvalue weighted by Gasteiger charge is -2.12. The molecule has 0 amide bonds. The van der Waals surface area contributed by atoms with Crippen LogP contribution in [0.1, 0.15) is 23.1 Å². The van der Waals surface area contributed by atoms with Crippen LogP contribution in [-0.4, -0.2) is 23.4 Å². The van der Waals surface area contributed by atoms with Crippen molar-refractivity contribution >= 4 is 0 Å². The van der Waals surface area contributed by atoms with Crippen molar-refractivity contribution in [1.29, 1.82) is 0 Å². The van der Waals surface area contributed by atoms with Crippen LogP contribution in [0.25, 0.3) is 0 Å². The van der Waals surface area contributed by atoms with Gasteiger partial charge in [-0.2, -0.15) is 0 Å². The maximum Gasteiger partial charge on any atom is 0.172 e. The molecule has 1 aromatic rings. The molecular weight excluding hydrogens is 172 g/mol. The van der Waals surface area contributed by atoms with E-state index in [1.807, 2.05) is 0 Å². The molecule has 0 fully saturated rings. The molecule has 72 valence electrons. The molecule has 5 nitrogen and oxygen atoms in total. The summed E-state index contributed by atoms with van der Waals surface area (Å²) in [6, 6.07) is 0. The molecule has 3 N–H and O–H groups in total. The third-order valence-electron chi connectivity index (χ3n) is 2.16. The fourth-order valence-corrected chi connectivity index (χ4v) is 1.42. The summed E-state index contributed by atoms with van der Waals surface area (Å²) in [5, 5.41) is 13.3. The van der Waals surface area contributed by atoms with E-state index in [0.717, 1.165) is 17.7 Å². The molecule has 1 atom stereocenters. The van der Waals surface area contributed by atoms with Crippen LogP contribution < -0.4 is 5.73 Å². The molecule has 13 heavy (non-hydrogen) atoms. The molecule has 0 radical (unpaired) electrons. The van der Waals surface area contributed by atoms with Crippen molar-refractivity contribution in [3.63, 3.8) is 0 Å². The van der Waals surface area contributed by atoms with E-state index in [1.54, 1.807) is 0 Å². The first-order chi connectivity index (χ1) is 6.33. The van der Waals surface area contributed by atoms with Gasteiger partial charge in [-0.25, -0.2) is 0 Å². The fourth-order valence-electron chi connectivity index (χ4n) is 1.42. The van der Waals surface area contributed by atoms with Gasteiger partial charge in [-0.15, -0.1) is 0 Å². The highest BCUT2D eigenvalue weighted by Gasteiger charge is 2.23. The summed E-state index contributed by atoms with van der Waals surface area (Å²) < 4.78 is 10.2. The Morgan fingerprint density at radius 3 is 3.23 bits per heavy atom. The Bertz CT molecular complexity index is 298. The molecule has 5 heteroatoms. The van der Waals surface area contributed by atoms with Gasteiger partial charge in [-0.05, 0) is 0 Å². The molecule has 1 aliphatic heterocycles. The van der Waals surface area contributed by atoms with Gasteiger partial charge in [0.2, 0.25) is 0 Å². The molecule has 0 saturated carbocycles. The summed E-state index contributed by atoms with van der Waals surface area (Å²) in [7, 11) is 0. The largest absolute Gasteiger partial charge is 0.384 e.